The number of hydrogen-bond donors (Lipinski definition) is 0. The Morgan fingerprint density at radius 3 is 2.11 bits per heavy atom. The molecule has 256 valence electrons. The van der Waals surface area contributed by atoms with Gasteiger partial charge in [0, 0.05) is 50.3 Å². The highest BCUT2D eigenvalue weighted by Crippen LogP contribution is 2.51. The van der Waals surface area contributed by atoms with Gasteiger partial charge in [0.15, 0.2) is 5.58 Å². The molecule has 0 unspecified atom stereocenters. The maximum absolute atomic E-state index is 6.57. The highest BCUT2D eigenvalue weighted by molar-refractivity contribution is 6.12. The summed E-state index contributed by atoms with van der Waals surface area (Å²) in [6, 6.07) is 60.2. The quantitative estimate of drug-likeness (QED) is 0.180. The molecule has 4 nitrogen and oxygen atoms in total. The molecule has 2 heterocycles. The second-order valence-corrected chi connectivity index (χ2v) is 14.8. The van der Waals surface area contributed by atoms with E-state index in [9.17, 15) is 0 Å². The van der Waals surface area contributed by atoms with Crippen LogP contribution in [0.1, 0.15) is 25.0 Å². The Kier molecular flexibility index (Phi) is 6.56. The Bertz CT molecular complexity index is 3100. The van der Waals surface area contributed by atoms with Gasteiger partial charge in [0.25, 0.3) is 0 Å². The lowest BCUT2D eigenvalue weighted by Gasteiger charge is -2.27. The average Bonchev–Trinajstić information content (AvgIpc) is 3.89. The lowest BCUT2D eigenvalue weighted by atomic mass is 9.82. The van der Waals surface area contributed by atoms with Gasteiger partial charge in [-0.15, -0.1) is 0 Å². The third-order valence-corrected chi connectivity index (χ3v) is 11.3. The van der Waals surface area contributed by atoms with E-state index in [1.165, 1.54) is 22.3 Å². The van der Waals surface area contributed by atoms with E-state index >= 15 is 0 Å². The van der Waals surface area contributed by atoms with Crippen molar-refractivity contribution in [2.45, 2.75) is 19.3 Å². The molecular formula is C50H34N2O2. The number of fused-ring (bicyclic) bond motifs is 9. The van der Waals surface area contributed by atoms with Crippen LogP contribution in [-0.2, 0) is 5.41 Å². The van der Waals surface area contributed by atoms with E-state index in [0.29, 0.717) is 5.89 Å². The van der Waals surface area contributed by atoms with Crippen molar-refractivity contribution in [3.63, 3.8) is 0 Å². The molecule has 0 atom stereocenters. The molecule has 0 saturated carbocycles. The van der Waals surface area contributed by atoms with E-state index in [1.807, 2.05) is 42.5 Å². The molecule has 0 aliphatic heterocycles. The lowest BCUT2D eigenvalue weighted by Crippen LogP contribution is -2.15. The summed E-state index contributed by atoms with van der Waals surface area (Å²) in [6.07, 6.45) is 0. The first-order chi connectivity index (χ1) is 26.5. The standard InChI is InChI=1S/C50H34N2O2/c1-50(2)42-20-8-6-17-38(42)41-29-35(24-26-43(41)50)52(36-23-25-40-39-18-7-9-21-45(39)53-46(40)30-36)34-16-10-15-33(28-34)37-19-11-14-31-22-27-44-48(47(31)37)54-49(51-44)32-12-4-3-5-13-32/h3-30H,1-2H3. The van der Waals surface area contributed by atoms with Gasteiger partial charge in [0.05, 0.1) is 0 Å². The normalized spacial score (nSPS) is 13.1. The third-order valence-electron chi connectivity index (χ3n) is 11.3. The number of rotatable bonds is 5. The molecular weight excluding hydrogens is 661 g/mol. The molecule has 1 aliphatic carbocycles. The number of anilines is 3. The molecule has 11 rings (SSSR count). The zero-order chi connectivity index (χ0) is 36.0. The Morgan fingerprint density at radius 1 is 0.481 bits per heavy atom. The fourth-order valence-electron chi connectivity index (χ4n) is 8.66. The van der Waals surface area contributed by atoms with Crippen LogP contribution in [0.5, 0.6) is 0 Å². The van der Waals surface area contributed by atoms with Crippen molar-refractivity contribution in [1.29, 1.82) is 0 Å². The summed E-state index contributed by atoms with van der Waals surface area (Å²) in [4.78, 5) is 7.26. The molecule has 0 fully saturated rings. The van der Waals surface area contributed by atoms with Crippen LogP contribution in [0, 0.1) is 0 Å². The summed E-state index contributed by atoms with van der Waals surface area (Å²) >= 11 is 0. The smallest absolute Gasteiger partial charge is 0.227 e. The number of furan rings is 1. The maximum Gasteiger partial charge on any atom is 0.227 e. The predicted octanol–water partition coefficient (Wildman–Crippen LogP) is 14.0. The summed E-state index contributed by atoms with van der Waals surface area (Å²) in [5.41, 5.74) is 14.8. The van der Waals surface area contributed by atoms with Gasteiger partial charge < -0.3 is 13.7 Å². The number of benzene rings is 8. The molecule has 0 spiro atoms. The van der Waals surface area contributed by atoms with Crippen molar-refractivity contribution in [3.05, 3.63) is 181 Å². The van der Waals surface area contributed by atoms with E-state index in [1.54, 1.807) is 0 Å². The third kappa shape index (κ3) is 4.60. The van der Waals surface area contributed by atoms with Crippen LogP contribution in [0.15, 0.2) is 179 Å². The van der Waals surface area contributed by atoms with Gasteiger partial charge in [-0.1, -0.05) is 117 Å². The second kappa shape index (κ2) is 11.5. The van der Waals surface area contributed by atoms with Crippen LogP contribution in [0.4, 0.5) is 17.1 Å². The summed E-state index contributed by atoms with van der Waals surface area (Å²) < 4.78 is 13.0. The lowest BCUT2D eigenvalue weighted by molar-refractivity contribution is 0.623. The summed E-state index contributed by atoms with van der Waals surface area (Å²) in [5.74, 6) is 0.621. The van der Waals surface area contributed by atoms with E-state index in [2.05, 4.69) is 146 Å². The molecule has 54 heavy (non-hydrogen) atoms. The predicted molar refractivity (Wildman–Crippen MR) is 222 cm³/mol. The van der Waals surface area contributed by atoms with Gasteiger partial charge >= 0.3 is 0 Å². The molecule has 0 saturated heterocycles. The van der Waals surface area contributed by atoms with Crippen molar-refractivity contribution < 1.29 is 8.83 Å². The monoisotopic (exact) mass is 694 g/mol. The Balaban J connectivity index is 1.11. The van der Waals surface area contributed by atoms with Gasteiger partial charge in [-0.2, -0.15) is 0 Å². The van der Waals surface area contributed by atoms with Crippen molar-refractivity contribution in [2.24, 2.45) is 0 Å². The molecule has 0 amide bonds. The minimum absolute atomic E-state index is 0.0802. The fraction of sp³-hybridized carbons (Fsp3) is 0.0600. The molecule has 4 heteroatoms. The first kappa shape index (κ1) is 30.7. The van der Waals surface area contributed by atoms with Crippen molar-refractivity contribution >= 4 is 60.9 Å². The minimum Gasteiger partial charge on any atom is -0.456 e. The van der Waals surface area contributed by atoms with Crippen LogP contribution in [0.3, 0.4) is 0 Å². The van der Waals surface area contributed by atoms with E-state index < -0.39 is 0 Å². The van der Waals surface area contributed by atoms with Crippen LogP contribution in [0.2, 0.25) is 0 Å². The molecule has 0 radical (unpaired) electrons. The van der Waals surface area contributed by atoms with Crippen molar-refractivity contribution in [1.82, 2.24) is 4.98 Å². The zero-order valence-electron chi connectivity index (χ0n) is 29.9. The Hall–Kier alpha value is -6.91. The highest BCUT2D eigenvalue weighted by atomic mass is 16.3. The molecule has 1 aliphatic rings. The Labute approximate surface area is 312 Å². The van der Waals surface area contributed by atoms with Crippen LogP contribution >= 0.6 is 0 Å². The van der Waals surface area contributed by atoms with Crippen LogP contribution < -0.4 is 4.90 Å². The molecule has 2 aromatic heterocycles. The number of oxazole rings is 1. The topological polar surface area (TPSA) is 42.4 Å². The van der Waals surface area contributed by atoms with E-state index in [0.717, 1.165) is 77.6 Å². The molecule has 8 aromatic carbocycles. The largest absolute Gasteiger partial charge is 0.456 e. The first-order valence-electron chi connectivity index (χ1n) is 18.5. The molecule has 0 bridgehead atoms. The van der Waals surface area contributed by atoms with Gasteiger partial charge in [-0.05, 0) is 99.4 Å². The van der Waals surface area contributed by atoms with Crippen molar-refractivity contribution in [3.8, 4) is 33.7 Å². The van der Waals surface area contributed by atoms with Gasteiger partial charge in [0.2, 0.25) is 5.89 Å². The van der Waals surface area contributed by atoms with Crippen LogP contribution in [0.25, 0.3) is 77.5 Å². The number of hydrogen-bond acceptors (Lipinski definition) is 4. The van der Waals surface area contributed by atoms with Gasteiger partial charge in [-0.25, -0.2) is 4.98 Å². The number of nitrogens with zero attached hydrogens (tertiary/aromatic N) is 2. The van der Waals surface area contributed by atoms with E-state index in [-0.39, 0.29) is 5.41 Å². The average molecular weight is 695 g/mol. The number of aromatic nitrogens is 1. The molecule has 10 aromatic rings. The summed E-state index contributed by atoms with van der Waals surface area (Å²) in [5, 5.41) is 4.38. The summed E-state index contributed by atoms with van der Waals surface area (Å²) in [6.45, 7) is 4.65. The zero-order valence-corrected chi connectivity index (χ0v) is 29.9. The van der Waals surface area contributed by atoms with Gasteiger partial charge in [0.1, 0.15) is 16.7 Å². The SMILES string of the molecule is CC1(C)c2ccccc2-c2cc(N(c3cccc(-c4cccc5ccc6nc(-c7ccccc7)oc6c45)c3)c3ccc4c(c3)oc3ccccc34)ccc21. The Morgan fingerprint density at radius 2 is 1.19 bits per heavy atom. The number of para-hydroxylation sites is 1. The van der Waals surface area contributed by atoms with E-state index in [4.69, 9.17) is 13.8 Å². The first-order valence-corrected chi connectivity index (χ1v) is 18.5. The van der Waals surface area contributed by atoms with Crippen molar-refractivity contribution in [2.75, 3.05) is 4.90 Å². The fourth-order valence-corrected chi connectivity index (χ4v) is 8.66. The van der Waals surface area contributed by atoms with Crippen LogP contribution in [-0.4, -0.2) is 4.98 Å². The maximum atomic E-state index is 6.57. The minimum atomic E-state index is -0.0802. The second-order valence-electron chi connectivity index (χ2n) is 14.8. The highest BCUT2D eigenvalue weighted by Gasteiger charge is 2.35. The van der Waals surface area contributed by atoms with Gasteiger partial charge in [-0.3, -0.25) is 0 Å². The summed E-state index contributed by atoms with van der Waals surface area (Å²) in [7, 11) is 0. The molecule has 0 N–H and O–H groups in total.